The Labute approximate surface area is 118 Å². The monoisotopic (exact) mass is 366 g/mol. The van der Waals surface area contributed by atoms with E-state index >= 15 is 0 Å². The van der Waals surface area contributed by atoms with Crippen LogP contribution in [0.25, 0.3) is 0 Å². The summed E-state index contributed by atoms with van der Waals surface area (Å²) < 4.78 is 31.4. The molecule has 1 aromatic rings. The van der Waals surface area contributed by atoms with Crippen molar-refractivity contribution < 1.29 is 18.3 Å². The summed E-state index contributed by atoms with van der Waals surface area (Å²) in [7, 11) is 1.32. The van der Waals surface area contributed by atoms with Crippen LogP contribution in [0.4, 0.5) is 8.78 Å². The summed E-state index contributed by atoms with van der Waals surface area (Å²) in [6, 6.07) is 3.60. The second kappa shape index (κ2) is 4.75. The molecule has 2 nitrogen and oxygen atoms in total. The Morgan fingerprint density at radius 1 is 1.44 bits per heavy atom. The van der Waals surface area contributed by atoms with E-state index in [-0.39, 0.29) is 18.8 Å². The van der Waals surface area contributed by atoms with Gasteiger partial charge in [0.05, 0.1) is 12.7 Å². The maximum absolute atomic E-state index is 12.9. The third-order valence-corrected chi connectivity index (χ3v) is 3.97. The molecule has 0 aliphatic heterocycles. The fourth-order valence-electron chi connectivity index (χ4n) is 2.33. The van der Waals surface area contributed by atoms with Crippen molar-refractivity contribution in [2.24, 2.45) is 0 Å². The summed E-state index contributed by atoms with van der Waals surface area (Å²) in [6.07, 6.45) is -0.261. The molecule has 1 saturated carbocycles. The fourth-order valence-corrected chi connectivity index (χ4v) is 2.97. The van der Waals surface area contributed by atoms with Crippen LogP contribution < -0.4 is 0 Å². The molecule has 0 bridgehead atoms. The first kappa shape index (κ1) is 13.7. The average Bonchev–Trinajstić information content (AvgIpc) is 2.27. The van der Waals surface area contributed by atoms with E-state index in [2.05, 4.69) is 22.6 Å². The van der Waals surface area contributed by atoms with Gasteiger partial charge in [0.2, 0.25) is 5.92 Å². The van der Waals surface area contributed by atoms with Gasteiger partial charge in [-0.1, -0.05) is 0 Å². The molecule has 2 rings (SSSR count). The van der Waals surface area contributed by atoms with Gasteiger partial charge in [0.25, 0.3) is 0 Å². The number of benzene rings is 1. The van der Waals surface area contributed by atoms with Crippen LogP contribution in [0.5, 0.6) is 0 Å². The van der Waals surface area contributed by atoms with Crippen molar-refractivity contribution in [2.45, 2.75) is 31.6 Å². The zero-order valence-corrected chi connectivity index (χ0v) is 12.3. The van der Waals surface area contributed by atoms with Crippen molar-refractivity contribution in [2.75, 3.05) is 7.11 Å². The molecule has 0 radical (unpaired) electrons. The molecule has 5 heteroatoms. The Kier molecular flexibility index (Phi) is 3.62. The Bertz CT molecular complexity index is 492. The number of hydrogen-bond donors (Lipinski definition) is 0. The van der Waals surface area contributed by atoms with Crippen LogP contribution >= 0.6 is 22.6 Å². The Morgan fingerprint density at radius 3 is 2.56 bits per heavy atom. The van der Waals surface area contributed by atoms with Crippen molar-refractivity contribution in [1.29, 1.82) is 0 Å². The number of methoxy groups -OCH3 is 1. The molecule has 1 aliphatic carbocycles. The first-order chi connectivity index (χ1) is 8.34. The molecular formula is C13H13F2IO2. The van der Waals surface area contributed by atoms with Crippen LogP contribution in [0.2, 0.25) is 0 Å². The van der Waals surface area contributed by atoms with Crippen molar-refractivity contribution in [1.82, 2.24) is 0 Å². The smallest absolute Gasteiger partial charge is 0.338 e. The fraction of sp³-hybridized carbons (Fsp3) is 0.462. The summed E-state index contributed by atoms with van der Waals surface area (Å²) in [5, 5.41) is 0. The van der Waals surface area contributed by atoms with Gasteiger partial charge >= 0.3 is 5.97 Å². The van der Waals surface area contributed by atoms with Crippen LogP contribution in [0, 0.1) is 10.5 Å². The van der Waals surface area contributed by atoms with Crippen LogP contribution in [0.3, 0.4) is 0 Å². The molecule has 0 saturated heterocycles. The highest BCUT2D eigenvalue weighted by atomic mass is 127. The molecule has 1 fully saturated rings. The number of hydrogen-bond acceptors (Lipinski definition) is 2. The normalized spacial score (nSPS) is 18.3. The molecule has 0 N–H and O–H groups in total. The van der Waals surface area contributed by atoms with Crippen molar-refractivity contribution in [3.8, 4) is 0 Å². The van der Waals surface area contributed by atoms with E-state index in [4.69, 9.17) is 4.74 Å². The van der Waals surface area contributed by atoms with Gasteiger partial charge in [0.1, 0.15) is 0 Å². The lowest BCUT2D eigenvalue weighted by molar-refractivity contribution is -0.0868. The minimum Gasteiger partial charge on any atom is -0.465 e. The summed E-state index contributed by atoms with van der Waals surface area (Å²) in [6.45, 7) is 1.79. The highest BCUT2D eigenvalue weighted by Gasteiger charge is 2.46. The molecule has 0 amide bonds. The quantitative estimate of drug-likeness (QED) is 0.586. The lowest BCUT2D eigenvalue weighted by Gasteiger charge is -2.36. The average molecular weight is 366 g/mol. The Morgan fingerprint density at radius 2 is 2.06 bits per heavy atom. The van der Waals surface area contributed by atoms with Gasteiger partial charge < -0.3 is 4.74 Å². The van der Waals surface area contributed by atoms with E-state index in [0.717, 1.165) is 14.7 Å². The molecular weight excluding hydrogens is 353 g/mol. The van der Waals surface area contributed by atoms with Crippen molar-refractivity contribution in [3.63, 3.8) is 0 Å². The predicted molar refractivity (Wildman–Crippen MR) is 72.2 cm³/mol. The van der Waals surface area contributed by atoms with Gasteiger partial charge in [-0.05, 0) is 58.7 Å². The SMILES string of the molecule is COC(=O)c1cc(I)cc(C2CC(F)(F)C2)c1C. The van der Waals surface area contributed by atoms with E-state index in [1.807, 2.05) is 6.07 Å². The minimum atomic E-state index is -2.55. The van der Waals surface area contributed by atoms with E-state index in [1.165, 1.54) is 7.11 Å². The van der Waals surface area contributed by atoms with Crippen LogP contribution in [-0.4, -0.2) is 19.0 Å². The molecule has 0 aromatic heterocycles. The van der Waals surface area contributed by atoms with E-state index in [9.17, 15) is 13.6 Å². The molecule has 1 aromatic carbocycles. The standard InChI is InChI=1S/C13H13F2IO2/c1-7-10(8-5-13(14,15)6-8)3-9(16)4-11(7)12(17)18-2/h3-4,8H,5-6H2,1-2H3. The van der Waals surface area contributed by atoms with Gasteiger partial charge in [-0.25, -0.2) is 13.6 Å². The van der Waals surface area contributed by atoms with Gasteiger partial charge in [-0.3, -0.25) is 0 Å². The third-order valence-electron chi connectivity index (χ3n) is 3.35. The number of halogens is 3. The number of rotatable bonds is 2. The lowest BCUT2D eigenvalue weighted by atomic mass is 9.75. The van der Waals surface area contributed by atoms with Crippen LogP contribution in [0.1, 0.15) is 40.2 Å². The summed E-state index contributed by atoms with van der Waals surface area (Å²) in [5.41, 5.74) is 2.06. The topological polar surface area (TPSA) is 26.3 Å². The number of ether oxygens (including phenoxy) is 1. The molecule has 1 aliphatic rings. The molecule has 98 valence electrons. The van der Waals surface area contributed by atoms with E-state index < -0.39 is 11.9 Å². The van der Waals surface area contributed by atoms with Gasteiger partial charge in [-0.2, -0.15) is 0 Å². The lowest BCUT2D eigenvalue weighted by Crippen LogP contribution is -2.34. The predicted octanol–water partition coefficient (Wildman–Crippen LogP) is 3.90. The maximum Gasteiger partial charge on any atom is 0.338 e. The van der Waals surface area contributed by atoms with Crippen molar-refractivity contribution in [3.05, 3.63) is 32.4 Å². The molecule has 18 heavy (non-hydrogen) atoms. The number of carbonyl (C=O) groups excluding carboxylic acids is 1. The molecule has 0 spiro atoms. The molecule has 0 atom stereocenters. The summed E-state index contributed by atoms with van der Waals surface area (Å²) in [5.74, 6) is -3.12. The van der Waals surface area contributed by atoms with Crippen molar-refractivity contribution >= 4 is 28.6 Å². The first-order valence-corrected chi connectivity index (χ1v) is 6.68. The first-order valence-electron chi connectivity index (χ1n) is 5.60. The highest BCUT2D eigenvalue weighted by molar-refractivity contribution is 14.1. The maximum atomic E-state index is 12.9. The zero-order chi connectivity index (χ0) is 13.5. The van der Waals surface area contributed by atoms with Gasteiger partial charge in [0, 0.05) is 16.4 Å². The van der Waals surface area contributed by atoms with Crippen LogP contribution in [-0.2, 0) is 4.74 Å². The second-order valence-electron chi connectivity index (χ2n) is 4.62. The minimum absolute atomic E-state index is 0.130. The van der Waals surface area contributed by atoms with Crippen LogP contribution in [0.15, 0.2) is 12.1 Å². The number of alkyl halides is 2. The largest absolute Gasteiger partial charge is 0.465 e. The zero-order valence-electron chi connectivity index (χ0n) is 10.1. The van der Waals surface area contributed by atoms with Gasteiger partial charge in [-0.15, -0.1) is 0 Å². The molecule has 0 unspecified atom stereocenters. The molecule has 0 heterocycles. The van der Waals surface area contributed by atoms with E-state index in [1.54, 1.807) is 13.0 Å². The Balaban J connectivity index is 2.37. The second-order valence-corrected chi connectivity index (χ2v) is 5.87. The summed E-state index contributed by atoms with van der Waals surface area (Å²) in [4.78, 5) is 11.6. The third kappa shape index (κ3) is 2.50. The van der Waals surface area contributed by atoms with E-state index in [0.29, 0.717) is 5.56 Å². The number of esters is 1. The summed E-state index contributed by atoms with van der Waals surface area (Å²) >= 11 is 2.08. The number of carbonyl (C=O) groups is 1. The Hall–Kier alpha value is -0.720. The highest BCUT2D eigenvalue weighted by Crippen LogP contribution is 2.49. The van der Waals surface area contributed by atoms with Gasteiger partial charge in [0.15, 0.2) is 0 Å².